The Morgan fingerprint density at radius 2 is 1.48 bits per heavy atom. The predicted octanol–water partition coefficient (Wildman–Crippen LogP) is 3.92. The Labute approximate surface area is 163 Å². The Hall–Kier alpha value is -2.71. The number of carboxylic acids is 1. The van der Waals surface area contributed by atoms with Crippen LogP contribution in [-0.4, -0.2) is 32.6 Å². The van der Waals surface area contributed by atoms with E-state index in [0.29, 0.717) is 0 Å². The van der Waals surface area contributed by atoms with Crippen molar-refractivity contribution in [1.29, 1.82) is 0 Å². The number of benzene rings is 3. The van der Waals surface area contributed by atoms with Crippen LogP contribution in [0.15, 0.2) is 68.9 Å². The molecule has 0 bridgehead atoms. The molecule has 3 rings (SSSR count). The van der Waals surface area contributed by atoms with Gasteiger partial charge in [0, 0.05) is 4.47 Å². The van der Waals surface area contributed by atoms with Gasteiger partial charge in [-0.15, -0.1) is 0 Å². The lowest BCUT2D eigenvalue weighted by atomic mass is 10.1. The maximum absolute atomic E-state index is 13.0. The summed E-state index contributed by atoms with van der Waals surface area (Å²) in [5, 5.41) is 10.9. The van der Waals surface area contributed by atoms with E-state index < -0.39 is 27.3 Å². The molecule has 0 aliphatic rings. The molecule has 0 saturated carbocycles. The van der Waals surface area contributed by atoms with E-state index in [0.717, 1.165) is 34.5 Å². The Bertz CT molecular complexity index is 1180. The van der Waals surface area contributed by atoms with Gasteiger partial charge in [-0.25, -0.2) is 18.0 Å². The van der Waals surface area contributed by atoms with Gasteiger partial charge in [0.05, 0.1) is 28.0 Å². The van der Waals surface area contributed by atoms with Crippen molar-refractivity contribution in [2.45, 2.75) is 9.79 Å². The number of hydrogen-bond donors (Lipinski definition) is 1. The minimum absolute atomic E-state index is 0.0273. The van der Waals surface area contributed by atoms with Crippen LogP contribution in [0.1, 0.15) is 20.7 Å². The van der Waals surface area contributed by atoms with Crippen molar-refractivity contribution >= 4 is 48.5 Å². The second-order valence-corrected chi connectivity index (χ2v) is 8.53. The molecule has 8 heteroatoms. The first-order valence-electron chi connectivity index (χ1n) is 7.64. The Morgan fingerprint density at radius 3 is 2.15 bits per heavy atom. The highest BCUT2D eigenvalue weighted by Gasteiger charge is 2.24. The van der Waals surface area contributed by atoms with Gasteiger partial charge in [-0.3, -0.25) is 0 Å². The zero-order chi connectivity index (χ0) is 19.8. The van der Waals surface area contributed by atoms with Gasteiger partial charge in [-0.1, -0.05) is 28.1 Å². The van der Waals surface area contributed by atoms with Crippen molar-refractivity contribution < 1.29 is 27.9 Å². The Balaban J connectivity index is 2.14. The molecule has 0 amide bonds. The van der Waals surface area contributed by atoms with Crippen LogP contribution in [0, 0.1) is 0 Å². The van der Waals surface area contributed by atoms with Gasteiger partial charge in [-0.05, 0) is 53.2 Å². The standard InChI is InChI=1S/C19H13BrO6S/c1-26-19(23)16-7-6-15(10-17(16)18(21)22)27(24,25)14-5-3-11-8-13(20)4-2-12(11)9-14/h2-10H,1H3,(H,21,22). The molecule has 3 aromatic rings. The molecule has 0 unspecified atom stereocenters. The summed E-state index contributed by atoms with van der Waals surface area (Å²) in [4.78, 5) is 23.0. The molecule has 0 fully saturated rings. The SMILES string of the molecule is COC(=O)c1ccc(S(=O)(=O)c2ccc3cc(Br)ccc3c2)cc1C(=O)O. The minimum Gasteiger partial charge on any atom is -0.478 e. The van der Waals surface area contributed by atoms with E-state index in [-0.39, 0.29) is 15.4 Å². The van der Waals surface area contributed by atoms with Gasteiger partial charge in [0.1, 0.15) is 0 Å². The number of rotatable bonds is 4. The van der Waals surface area contributed by atoms with Crippen LogP contribution >= 0.6 is 15.9 Å². The van der Waals surface area contributed by atoms with Crippen molar-refractivity contribution in [3.8, 4) is 0 Å². The molecule has 0 spiro atoms. The van der Waals surface area contributed by atoms with Crippen LogP contribution in [0.4, 0.5) is 0 Å². The first kappa shape index (κ1) is 19.1. The predicted molar refractivity (Wildman–Crippen MR) is 102 cm³/mol. The van der Waals surface area contributed by atoms with Crippen LogP contribution in [0.3, 0.4) is 0 Å². The van der Waals surface area contributed by atoms with E-state index in [1.807, 2.05) is 6.07 Å². The number of esters is 1. The maximum atomic E-state index is 13.0. The fourth-order valence-corrected chi connectivity index (χ4v) is 4.35. The van der Waals surface area contributed by atoms with E-state index in [1.165, 1.54) is 18.2 Å². The van der Waals surface area contributed by atoms with Crippen LogP contribution in [-0.2, 0) is 14.6 Å². The van der Waals surface area contributed by atoms with E-state index in [9.17, 15) is 23.1 Å². The number of hydrogen-bond acceptors (Lipinski definition) is 5. The number of ether oxygens (including phenoxy) is 1. The normalized spacial score (nSPS) is 11.3. The number of carbonyl (C=O) groups is 2. The monoisotopic (exact) mass is 448 g/mol. The topological polar surface area (TPSA) is 97.7 Å². The summed E-state index contributed by atoms with van der Waals surface area (Å²) < 4.78 is 31.3. The van der Waals surface area contributed by atoms with Gasteiger partial charge < -0.3 is 9.84 Å². The van der Waals surface area contributed by atoms with Gasteiger partial charge in [0.2, 0.25) is 9.84 Å². The van der Waals surface area contributed by atoms with Gasteiger partial charge >= 0.3 is 11.9 Å². The van der Waals surface area contributed by atoms with Crippen molar-refractivity contribution in [3.05, 3.63) is 70.2 Å². The molecule has 0 aliphatic heterocycles. The molecule has 0 heterocycles. The molecule has 0 atom stereocenters. The van der Waals surface area contributed by atoms with Gasteiger partial charge in [-0.2, -0.15) is 0 Å². The number of methoxy groups -OCH3 is 1. The lowest BCUT2D eigenvalue weighted by molar-refractivity contribution is 0.0582. The van der Waals surface area contributed by atoms with Crippen molar-refractivity contribution in [3.63, 3.8) is 0 Å². The number of halogens is 1. The highest BCUT2D eigenvalue weighted by atomic mass is 79.9. The van der Waals surface area contributed by atoms with Gasteiger partial charge in [0.25, 0.3) is 0 Å². The molecular formula is C19H13BrO6S. The number of fused-ring (bicyclic) bond motifs is 1. The zero-order valence-corrected chi connectivity index (χ0v) is 16.4. The molecule has 0 aromatic heterocycles. The fraction of sp³-hybridized carbons (Fsp3) is 0.0526. The van der Waals surface area contributed by atoms with E-state index in [1.54, 1.807) is 18.2 Å². The van der Waals surface area contributed by atoms with Crippen molar-refractivity contribution in [2.24, 2.45) is 0 Å². The molecule has 1 N–H and O–H groups in total. The first-order valence-corrected chi connectivity index (χ1v) is 9.92. The summed E-state index contributed by atoms with van der Waals surface area (Å²) in [6.45, 7) is 0. The Morgan fingerprint density at radius 1 is 0.889 bits per heavy atom. The van der Waals surface area contributed by atoms with Crippen LogP contribution < -0.4 is 0 Å². The molecule has 138 valence electrons. The van der Waals surface area contributed by atoms with Gasteiger partial charge in [0.15, 0.2) is 0 Å². The lowest BCUT2D eigenvalue weighted by Crippen LogP contribution is -2.12. The molecule has 0 saturated heterocycles. The fourth-order valence-electron chi connectivity index (χ4n) is 2.65. The molecule has 3 aromatic carbocycles. The molecule has 0 aliphatic carbocycles. The summed E-state index contributed by atoms with van der Waals surface area (Å²) in [7, 11) is -2.86. The highest BCUT2D eigenvalue weighted by Crippen LogP contribution is 2.28. The highest BCUT2D eigenvalue weighted by molar-refractivity contribution is 9.10. The van der Waals surface area contributed by atoms with Crippen LogP contribution in [0.2, 0.25) is 0 Å². The second kappa shape index (κ2) is 7.13. The molecular weight excluding hydrogens is 436 g/mol. The van der Waals surface area contributed by atoms with E-state index >= 15 is 0 Å². The van der Waals surface area contributed by atoms with Crippen LogP contribution in [0.5, 0.6) is 0 Å². The summed E-state index contributed by atoms with van der Waals surface area (Å²) in [5.41, 5.74) is -0.653. The third-order valence-corrected chi connectivity index (χ3v) is 6.26. The molecule has 0 radical (unpaired) electrons. The van der Waals surface area contributed by atoms with Crippen molar-refractivity contribution in [1.82, 2.24) is 0 Å². The smallest absolute Gasteiger partial charge is 0.338 e. The quantitative estimate of drug-likeness (QED) is 0.607. The molecule has 27 heavy (non-hydrogen) atoms. The first-order chi connectivity index (χ1) is 12.7. The summed E-state index contributed by atoms with van der Waals surface area (Å²) >= 11 is 3.36. The number of aromatic carboxylic acids is 1. The lowest BCUT2D eigenvalue weighted by Gasteiger charge is -2.09. The number of sulfone groups is 1. The van der Waals surface area contributed by atoms with Crippen LogP contribution in [0.25, 0.3) is 10.8 Å². The average molecular weight is 449 g/mol. The second-order valence-electron chi connectivity index (χ2n) is 5.66. The summed E-state index contributed by atoms with van der Waals surface area (Å²) in [6.07, 6.45) is 0. The third-order valence-electron chi connectivity index (χ3n) is 4.02. The number of carbonyl (C=O) groups excluding carboxylic acids is 1. The number of carboxylic acid groups (broad SMARTS) is 1. The largest absolute Gasteiger partial charge is 0.478 e. The van der Waals surface area contributed by atoms with E-state index in [2.05, 4.69) is 20.7 Å². The zero-order valence-electron chi connectivity index (χ0n) is 14.0. The molecule has 6 nitrogen and oxygen atoms in total. The Kier molecular flexibility index (Phi) is 5.03. The van der Waals surface area contributed by atoms with E-state index in [4.69, 9.17) is 0 Å². The average Bonchev–Trinajstić information content (AvgIpc) is 2.66. The van der Waals surface area contributed by atoms with Crippen molar-refractivity contribution in [2.75, 3.05) is 7.11 Å². The third kappa shape index (κ3) is 3.58. The summed E-state index contributed by atoms with van der Waals surface area (Å²) in [6, 6.07) is 13.4. The minimum atomic E-state index is -3.97. The summed E-state index contributed by atoms with van der Waals surface area (Å²) in [5.74, 6) is -2.27. The maximum Gasteiger partial charge on any atom is 0.338 e.